The van der Waals surface area contributed by atoms with Crippen molar-refractivity contribution in [3.05, 3.63) is 95.7 Å². The molecule has 0 spiro atoms. The van der Waals surface area contributed by atoms with Crippen molar-refractivity contribution in [3.63, 3.8) is 0 Å². The van der Waals surface area contributed by atoms with E-state index in [-0.39, 0.29) is 12.0 Å². The maximum absolute atomic E-state index is 13.9. The van der Waals surface area contributed by atoms with Crippen LogP contribution in [0.5, 0.6) is 23.1 Å². The van der Waals surface area contributed by atoms with Crippen LogP contribution in [0.3, 0.4) is 0 Å². The summed E-state index contributed by atoms with van der Waals surface area (Å²) in [7, 11) is 3.20. The molecule has 1 atom stereocenters. The van der Waals surface area contributed by atoms with Gasteiger partial charge in [0.15, 0.2) is 11.5 Å². The van der Waals surface area contributed by atoms with E-state index in [4.69, 9.17) is 24.0 Å². The second-order valence-electron chi connectivity index (χ2n) is 9.42. The first-order valence-electron chi connectivity index (χ1n) is 13.1. The van der Waals surface area contributed by atoms with Gasteiger partial charge >= 0.3 is 0 Å². The summed E-state index contributed by atoms with van der Waals surface area (Å²) in [6, 6.07) is 24.5. The van der Waals surface area contributed by atoms with Gasteiger partial charge in [-0.1, -0.05) is 36.4 Å². The van der Waals surface area contributed by atoms with Crippen LogP contribution in [0.4, 0.5) is 0 Å². The molecule has 1 fully saturated rings. The molecule has 5 rings (SSSR count). The van der Waals surface area contributed by atoms with Crippen LogP contribution in [0.1, 0.15) is 34.5 Å². The maximum Gasteiger partial charge on any atom is 0.254 e. The Balaban J connectivity index is 1.56. The smallest absolute Gasteiger partial charge is 0.254 e. The van der Waals surface area contributed by atoms with E-state index in [1.165, 1.54) is 0 Å². The zero-order chi connectivity index (χ0) is 27.2. The SMILES string of the molecule is COc1cccc(C(=O)N(Cc2c(C)nn(-c3ccccc3)c2Oc2ccccc2OC)CC2CCCO2)c1. The third-order valence-corrected chi connectivity index (χ3v) is 6.81. The minimum absolute atomic E-state index is 0.0254. The number of ether oxygens (including phenoxy) is 4. The fraction of sp³-hybridized carbons (Fsp3) is 0.290. The Kier molecular flexibility index (Phi) is 8.13. The van der Waals surface area contributed by atoms with Gasteiger partial charge in [0.2, 0.25) is 5.88 Å². The summed E-state index contributed by atoms with van der Waals surface area (Å²) >= 11 is 0. The fourth-order valence-electron chi connectivity index (χ4n) is 4.76. The molecule has 0 aliphatic carbocycles. The highest BCUT2D eigenvalue weighted by Gasteiger charge is 2.28. The average Bonchev–Trinajstić information content (AvgIpc) is 3.61. The van der Waals surface area contributed by atoms with Gasteiger partial charge in [0, 0.05) is 18.7 Å². The molecule has 1 amide bonds. The molecule has 8 heteroatoms. The molecular weight excluding hydrogens is 494 g/mol. The molecule has 4 aromatic rings. The Labute approximate surface area is 228 Å². The molecule has 0 bridgehead atoms. The molecule has 1 aliphatic rings. The molecular formula is C31H33N3O5. The van der Waals surface area contributed by atoms with Gasteiger partial charge in [-0.25, -0.2) is 4.68 Å². The van der Waals surface area contributed by atoms with Crippen molar-refractivity contribution in [1.82, 2.24) is 14.7 Å². The van der Waals surface area contributed by atoms with Gasteiger partial charge in [-0.15, -0.1) is 0 Å². The van der Waals surface area contributed by atoms with E-state index in [0.717, 1.165) is 29.8 Å². The van der Waals surface area contributed by atoms with Gasteiger partial charge < -0.3 is 23.8 Å². The summed E-state index contributed by atoms with van der Waals surface area (Å²) in [6.07, 6.45) is 1.87. The molecule has 3 aromatic carbocycles. The number of methoxy groups -OCH3 is 2. The van der Waals surface area contributed by atoms with Gasteiger partial charge in [-0.3, -0.25) is 4.79 Å². The van der Waals surface area contributed by atoms with Crippen molar-refractivity contribution in [2.75, 3.05) is 27.4 Å². The quantitative estimate of drug-likeness (QED) is 0.259. The number of rotatable bonds is 10. The zero-order valence-corrected chi connectivity index (χ0v) is 22.5. The summed E-state index contributed by atoms with van der Waals surface area (Å²) in [5.41, 5.74) is 2.97. The highest BCUT2D eigenvalue weighted by atomic mass is 16.5. The van der Waals surface area contributed by atoms with E-state index in [1.54, 1.807) is 31.0 Å². The summed E-state index contributed by atoms with van der Waals surface area (Å²) in [4.78, 5) is 15.7. The van der Waals surface area contributed by atoms with E-state index >= 15 is 0 Å². The topological polar surface area (TPSA) is 75.1 Å². The van der Waals surface area contributed by atoms with E-state index in [1.807, 2.05) is 78.6 Å². The van der Waals surface area contributed by atoms with Gasteiger partial charge in [0.1, 0.15) is 5.75 Å². The van der Waals surface area contributed by atoms with Crippen LogP contribution in [0.2, 0.25) is 0 Å². The van der Waals surface area contributed by atoms with Gasteiger partial charge in [-0.2, -0.15) is 5.10 Å². The van der Waals surface area contributed by atoms with Crippen LogP contribution in [-0.4, -0.2) is 54.1 Å². The standard InChI is InChI=1S/C31H33N3O5/c1-22-27(21-33(20-26-15-10-18-38-26)30(35)23-11-9-14-25(19-23)36-2)31(34(32-22)24-12-5-4-6-13-24)39-29-17-8-7-16-28(29)37-3/h4-9,11-14,16-17,19,26H,10,15,18,20-21H2,1-3H3. The first kappa shape index (κ1) is 26.3. The predicted octanol–water partition coefficient (Wildman–Crippen LogP) is 5.81. The number of carbonyl (C=O) groups excluding carboxylic acids is 1. The molecule has 1 saturated heterocycles. The number of nitrogens with zero attached hydrogens (tertiary/aromatic N) is 3. The number of carbonyl (C=O) groups is 1. The van der Waals surface area contributed by atoms with Crippen LogP contribution in [0, 0.1) is 6.92 Å². The molecule has 0 N–H and O–H groups in total. The summed E-state index contributed by atoms with van der Waals surface area (Å²) < 4.78 is 25.1. The predicted molar refractivity (Wildman–Crippen MR) is 148 cm³/mol. The highest BCUT2D eigenvalue weighted by molar-refractivity contribution is 5.94. The third kappa shape index (κ3) is 5.91. The Morgan fingerprint density at radius 2 is 1.77 bits per heavy atom. The van der Waals surface area contributed by atoms with Crippen molar-refractivity contribution in [1.29, 1.82) is 0 Å². The van der Waals surface area contributed by atoms with Crippen molar-refractivity contribution in [2.45, 2.75) is 32.4 Å². The molecule has 8 nitrogen and oxygen atoms in total. The fourth-order valence-corrected chi connectivity index (χ4v) is 4.76. The maximum atomic E-state index is 13.9. The Morgan fingerprint density at radius 3 is 2.49 bits per heavy atom. The normalized spacial score (nSPS) is 14.7. The van der Waals surface area contributed by atoms with E-state index < -0.39 is 0 Å². The van der Waals surface area contributed by atoms with Gasteiger partial charge in [0.25, 0.3) is 5.91 Å². The number of amides is 1. The van der Waals surface area contributed by atoms with E-state index in [9.17, 15) is 4.79 Å². The largest absolute Gasteiger partial charge is 0.497 e. The van der Waals surface area contributed by atoms with Crippen LogP contribution in [0.15, 0.2) is 78.9 Å². The minimum Gasteiger partial charge on any atom is -0.497 e. The lowest BCUT2D eigenvalue weighted by atomic mass is 10.1. The molecule has 0 saturated carbocycles. The Hall–Kier alpha value is -4.30. The van der Waals surface area contributed by atoms with Crippen molar-refractivity contribution in [2.24, 2.45) is 0 Å². The summed E-state index contributed by atoms with van der Waals surface area (Å²) in [5.74, 6) is 2.21. The molecule has 202 valence electrons. The van der Waals surface area contributed by atoms with Gasteiger partial charge in [0.05, 0.1) is 43.8 Å². The van der Waals surface area contributed by atoms with Crippen LogP contribution in [-0.2, 0) is 11.3 Å². The monoisotopic (exact) mass is 527 g/mol. The molecule has 39 heavy (non-hydrogen) atoms. The molecule has 1 aromatic heterocycles. The van der Waals surface area contributed by atoms with Crippen molar-refractivity contribution < 1.29 is 23.7 Å². The lowest BCUT2D eigenvalue weighted by molar-refractivity contribution is 0.0505. The second-order valence-corrected chi connectivity index (χ2v) is 9.42. The van der Waals surface area contributed by atoms with Crippen LogP contribution in [0.25, 0.3) is 5.69 Å². The van der Waals surface area contributed by atoms with E-state index in [0.29, 0.717) is 48.4 Å². The lowest BCUT2D eigenvalue weighted by Gasteiger charge is -2.26. The van der Waals surface area contributed by atoms with Gasteiger partial charge in [-0.05, 0) is 62.2 Å². The zero-order valence-electron chi connectivity index (χ0n) is 22.5. The van der Waals surface area contributed by atoms with Crippen molar-refractivity contribution in [3.8, 4) is 28.8 Å². The van der Waals surface area contributed by atoms with Crippen LogP contribution >= 0.6 is 0 Å². The average molecular weight is 528 g/mol. The Morgan fingerprint density at radius 1 is 1.00 bits per heavy atom. The number of para-hydroxylation sites is 3. The first-order valence-corrected chi connectivity index (χ1v) is 13.1. The molecule has 0 radical (unpaired) electrons. The number of hydrogen-bond donors (Lipinski definition) is 0. The minimum atomic E-state index is -0.112. The summed E-state index contributed by atoms with van der Waals surface area (Å²) in [6.45, 7) is 3.39. The lowest BCUT2D eigenvalue weighted by Crippen LogP contribution is -2.37. The number of aromatic nitrogens is 2. The molecule has 2 heterocycles. The highest BCUT2D eigenvalue weighted by Crippen LogP contribution is 2.36. The number of benzene rings is 3. The van der Waals surface area contributed by atoms with Crippen molar-refractivity contribution >= 4 is 5.91 Å². The molecule has 1 aliphatic heterocycles. The third-order valence-electron chi connectivity index (χ3n) is 6.81. The number of aryl methyl sites for hydroxylation is 1. The Bertz CT molecular complexity index is 1410. The van der Waals surface area contributed by atoms with Crippen LogP contribution < -0.4 is 14.2 Å². The molecule has 1 unspecified atom stereocenters. The number of hydrogen-bond acceptors (Lipinski definition) is 6. The van der Waals surface area contributed by atoms with E-state index in [2.05, 4.69) is 0 Å². The second kappa shape index (κ2) is 12.0. The summed E-state index contributed by atoms with van der Waals surface area (Å²) in [5, 5.41) is 4.84. The first-order chi connectivity index (χ1) is 19.1.